The minimum absolute atomic E-state index is 0.104. The molecule has 0 saturated carbocycles. The van der Waals surface area contributed by atoms with Gasteiger partial charge in [-0.2, -0.15) is 4.31 Å². The van der Waals surface area contributed by atoms with E-state index in [2.05, 4.69) is 5.32 Å². The molecule has 0 spiro atoms. The zero-order valence-corrected chi connectivity index (χ0v) is 17.7. The second kappa shape index (κ2) is 9.81. The highest BCUT2D eigenvalue weighted by Crippen LogP contribution is 2.23. The molecule has 0 aliphatic rings. The van der Waals surface area contributed by atoms with Gasteiger partial charge in [-0.1, -0.05) is 26.0 Å². The molecule has 0 saturated heterocycles. The monoisotopic (exact) mass is 424 g/mol. The van der Waals surface area contributed by atoms with E-state index in [1.165, 1.54) is 27.8 Å². The Balaban J connectivity index is 2.03. The van der Waals surface area contributed by atoms with E-state index < -0.39 is 28.5 Å². The largest absolute Gasteiger partial charge is 0.455 e. The van der Waals surface area contributed by atoms with Gasteiger partial charge in [0.1, 0.15) is 0 Å². The fraction of sp³-hybridized carbons (Fsp3) is 0.368. The molecular formula is C19H24N2O5S2. The van der Waals surface area contributed by atoms with Gasteiger partial charge in [0.25, 0.3) is 5.91 Å². The predicted molar refractivity (Wildman–Crippen MR) is 109 cm³/mol. The summed E-state index contributed by atoms with van der Waals surface area (Å²) in [5, 5.41) is 4.47. The van der Waals surface area contributed by atoms with E-state index in [9.17, 15) is 18.0 Å². The number of amides is 1. The molecule has 2 aromatic rings. The highest BCUT2D eigenvalue weighted by Gasteiger charge is 2.22. The first-order valence-corrected chi connectivity index (χ1v) is 11.2. The zero-order chi connectivity index (χ0) is 20.7. The van der Waals surface area contributed by atoms with Crippen molar-refractivity contribution in [2.45, 2.75) is 32.1 Å². The lowest BCUT2D eigenvalue weighted by Crippen LogP contribution is -2.30. The average Bonchev–Trinajstić information content (AvgIpc) is 3.15. The molecule has 0 aliphatic heterocycles. The normalized spacial score (nSPS) is 11.4. The summed E-state index contributed by atoms with van der Waals surface area (Å²) in [6.07, 6.45) is 0.113. The number of esters is 1. The van der Waals surface area contributed by atoms with E-state index in [-0.39, 0.29) is 11.3 Å². The van der Waals surface area contributed by atoms with Crippen molar-refractivity contribution in [3.8, 4) is 0 Å². The number of anilines is 1. The maximum atomic E-state index is 12.7. The van der Waals surface area contributed by atoms with Crippen LogP contribution in [0.5, 0.6) is 0 Å². The first kappa shape index (κ1) is 22.1. The zero-order valence-electron chi connectivity index (χ0n) is 16.1. The quantitative estimate of drug-likeness (QED) is 0.625. The van der Waals surface area contributed by atoms with Crippen LogP contribution in [0.1, 0.15) is 24.3 Å². The highest BCUT2D eigenvalue weighted by molar-refractivity contribution is 7.89. The van der Waals surface area contributed by atoms with E-state index in [1.54, 1.807) is 26.8 Å². The summed E-state index contributed by atoms with van der Waals surface area (Å²) >= 11 is 1.44. The van der Waals surface area contributed by atoms with E-state index in [0.717, 1.165) is 4.88 Å². The first-order chi connectivity index (χ1) is 13.3. The van der Waals surface area contributed by atoms with Gasteiger partial charge in [-0.05, 0) is 36.1 Å². The number of benzene rings is 1. The topological polar surface area (TPSA) is 92.8 Å². The number of rotatable bonds is 9. The Hall–Kier alpha value is -2.23. The number of carbonyl (C=O) groups excluding carboxylic acids is 2. The Kier molecular flexibility index (Phi) is 7.73. The van der Waals surface area contributed by atoms with Gasteiger partial charge in [0.2, 0.25) is 10.0 Å². The second-order valence-electron chi connectivity index (χ2n) is 6.03. The fourth-order valence-corrected chi connectivity index (χ4v) is 4.72. The molecule has 0 unspecified atom stereocenters. The summed E-state index contributed by atoms with van der Waals surface area (Å²) in [5.74, 6) is -1.02. The molecule has 0 radical (unpaired) electrons. The minimum atomic E-state index is -3.63. The van der Waals surface area contributed by atoms with Crippen LogP contribution in [-0.2, 0) is 30.8 Å². The number of thiophene rings is 1. The van der Waals surface area contributed by atoms with Crippen molar-refractivity contribution in [2.75, 3.05) is 25.0 Å². The smallest absolute Gasteiger partial charge is 0.311 e. The Labute approximate surface area is 169 Å². The van der Waals surface area contributed by atoms with Crippen molar-refractivity contribution in [1.82, 2.24) is 4.31 Å². The number of ether oxygens (including phenoxy) is 1. The number of aryl methyl sites for hydroxylation is 1. The van der Waals surface area contributed by atoms with Crippen molar-refractivity contribution in [3.63, 3.8) is 0 Å². The lowest BCUT2D eigenvalue weighted by molar-refractivity contribution is -0.146. The summed E-state index contributed by atoms with van der Waals surface area (Å²) < 4.78 is 31.6. The molecule has 7 nitrogen and oxygen atoms in total. The van der Waals surface area contributed by atoms with Crippen molar-refractivity contribution < 1.29 is 22.7 Å². The van der Waals surface area contributed by atoms with Crippen LogP contribution in [0.3, 0.4) is 0 Å². The number of nitrogens with zero attached hydrogens (tertiary/aromatic N) is 1. The molecule has 0 fully saturated rings. The Bertz CT molecular complexity index is 920. The maximum absolute atomic E-state index is 12.7. The van der Waals surface area contributed by atoms with Crippen molar-refractivity contribution in [2.24, 2.45) is 0 Å². The molecule has 28 heavy (non-hydrogen) atoms. The molecule has 2 rings (SSSR count). The lowest BCUT2D eigenvalue weighted by atomic mass is 10.2. The number of carbonyl (C=O) groups is 2. The molecule has 0 bridgehead atoms. The van der Waals surface area contributed by atoms with Gasteiger partial charge in [0, 0.05) is 23.7 Å². The SMILES string of the molecule is CCN(CC)S(=O)(=O)c1ccc(C)c(NC(=O)COC(=O)Cc2cccs2)c1. The van der Waals surface area contributed by atoms with Crippen LogP contribution in [-0.4, -0.2) is 44.3 Å². The van der Waals surface area contributed by atoms with Crippen LogP contribution in [0.4, 0.5) is 5.69 Å². The Morgan fingerprint density at radius 1 is 1.18 bits per heavy atom. The third-order valence-electron chi connectivity index (χ3n) is 4.09. The summed E-state index contributed by atoms with van der Waals surface area (Å²) in [6, 6.07) is 8.22. The summed E-state index contributed by atoms with van der Waals surface area (Å²) in [6.45, 7) is 5.57. The van der Waals surface area contributed by atoms with Gasteiger partial charge >= 0.3 is 5.97 Å². The van der Waals surface area contributed by atoms with Crippen LogP contribution in [0, 0.1) is 6.92 Å². The molecular weight excluding hydrogens is 400 g/mol. The van der Waals surface area contributed by atoms with Crippen molar-refractivity contribution in [1.29, 1.82) is 0 Å². The number of nitrogens with one attached hydrogen (secondary N) is 1. The van der Waals surface area contributed by atoms with Crippen LogP contribution in [0.25, 0.3) is 0 Å². The van der Waals surface area contributed by atoms with Crippen molar-refractivity contribution in [3.05, 3.63) is 46.2 Å². The third-order valence-corrected chi connectivity index (χ3v) is 7.01. The van der Waals surface area contributed by atoms with Gasteiger partial charge in [0.05, 0.1) is 11.3 Å². The fourth-order valence-electron chi connectivity index (χ4n) is 2.55. The van der Waals surface area contributed by atoms with E-state index >= 15 is 0 Å². The molecule has 1 N–H and O–H groups in total. The van der Waals surface area contributed by atoms with Gasteiger partial charge < -0.3 is 10.1 Å². The standard InChI is InChI=1S/C19H24N2O5S2/c1-4-21(5-2)28(24,25)16-9-8-14(3)17(12-16)20-18(22)13-26-19(23)11-15-7-6-10-27-15/h6-10,12H,4-5,11,13H2,1-3H3,(H,20,22). The number of hydrogen-bond donors (Lipinski definition) is 1. The molecule has 1 heterocycles. The van der Waals surface area contributed by atoms with Crippen LogP contribution in [0.15, 0.2) is 40.6 Å². The summed E-state index contributed by atoms with van der Waals surface area (Å²) in [4.78, 5) is 24.9. The molecule has 1 aromatic heterocycles. The Morgan fingerprint density at radius 2 is 1.89 bits per heavy atom. The first-order valence-electron chi connectivity index (χ1n) is 8.86. The predicted octanol–water partition coefficient (Wildman–Crippen LogP) is 2.81. The molecule has 152 valence electrons. The van der Waals surface area contributed by atoms with E-state index in [1.807, 2.05) is 17.5 Å². The van der Waals surface area contributed by atoms with Gasteiger partial charge in [-0.15, -0.1) is 11.3 Å². The van der Waals surface area contributed by atoms with Crippen LogP contribution in [0.2, 0.25) is 0 Å². The van der Waals surface area contributed by atoms with Gasteiger partial charge in [-0.3, -0.25) is 9.59 Å². The lowest BCUT2D eigenvalue weighted by Gasteiger charge is -2.19. The molecule has 0 atom stereocenters. The van der Waals surface area contributed by atoms with E-state index in [4.69, 9.17) is 4.74 Å². The van der Waals surface area contributed by atoms with Crippen molar-refractivity contribution >= 4 is 38.9 Å². The minimum Gasteiger partial charge on any atom is -0.455 e. The molecule has 1 amide bonds. The third kappa shape index (κ3) is 5.63. The molecule has 9 heteroatoms. The number of hydrogen-bond acceptors (Lipinski definition) is 6. The maximum Gasteiger partial charge on any atom is 0.311 e. The average molecular weight is 425 g/mol. The Morgan fingerprint density at radius 3 is 2.50 bits per heavy atom. The van der Waals surface area contributed by atoms with E-state index in [0.29, 0.717) is 24.3 Å². The second-order valence-corrected chi connectivity index (χ2v) is 9.00. The molecule has 1 aromatic carbocycles. The van der Waals surface area contributed by atoms with Crippen LogP contribution < -0.4 is 5.32 Å². The van der Waals surface area contributed by atoms with Gasteiger partial charge in [0.15, 0.2) is 6.61 Å². The van der Waals surface area contributed by atoms with Crippen LogP contribution >= 0.6 is 11.3 Å². The summed E-state index contributed by atoms with van der Waals surface area (Å²) in [5.41, 5.74) is 1.07. The van der Waals surface area contributed by atoms with Gasteiger partial charge in [-0.25, -0.2) is 8.42 Å². The summed E-state index contributed by atoms with van der Waals surface area (Å²) in [7, 11) is -3.63. The molecule has 0 aliphatic carbocycles. The number of sulfonamides is 1. The highest BCUT2D eigenvalue weighted by atomic mass is 32.2.